The number of ether oxygens (including phenoxy) is 1. The quantitative estimate of drug-likeness (QED) is 0.0201. The van der Waals surface area contributed by atoms with Crippen LogP contribution < -0.4 is 5.32 Å². The van der Waals surface area contributed by atoms with Crippen LogP contribution in [0.1, 0.15) is 219 Å². The number of carbonyl (C=O) groups excluding carboxylic acids is 2. The van der Waals surface area contributed by atoms with E-state index >= 15 is 0 Å². The zero-order valence-electron chi connectivity index (χ0n) is 35.7. The molecule has 0 fully saturated rings. The van der Waals surface area contributed by atoms with Crippen molar-refractivity contribution in [2.45, 2.75) is 231 Å². The number of carboxylic acids is 1. The van der Waals surface area contributed by atoms with Gasteiger partial charge in [-0.15, -0.1) is 0 Å². The van der Waals surface area contributed by atoms with Crippen molar-refractivity contribution in [3.63, 3.8) is 0 Å². The van der Waals surface area contributed by atoms with Crippen molar-refractivity contribution in [1.29, 1.82) is 0 Å². The average Bonchev–Trinajstić information content (AvgIpc) is 3.17. The molecule has 0 aromatic rings. The van der Waals surface area contributed by atoms with Crippen LogP contribution in [0.2, 0.25) is 0 Å². The fourth-order valence-electron chi connectivity index (χ4n) is 6.49. The fourth-order valence-corrected chi connectivity index (χ4v) is 7.26. The minimum atomic E-state index is -4.75. The summed E-state index contributed by atoms with van der Waals surface area (Å²) in [6.07, 6.45) is 39.4. The molecule has 0 spiro atoms. The molecule has 0 saturated carbocycles. The van der Waals surface area contributed by atoms with Crippen molar-refractivity contribution in [2.75, 3.05) is 19.8 Å². The SMILES string of the molecule is CCCCCCC/C=C\CCCCCCCC(=O)OCC(O)COP(=O)(O)OCC(NC(=O)CCCCCCCCCCCCCCCCCCCC)C(=O)O. The highest BCUT2D eigenvalue weighted by Gasteiger charge is 2.28. The largest absolute Gasteiger partial charge is 0.480 e. The van der Waals surface area contributed by atoms with E-state index in [0.29, 0.717) is 12.8 Å². The number of aliphatic hydroxyl groups excluding tert-OH is 1. The number of hydrogen-bond donors (Lipinski definition) is 4. The molecule has 56 heavy (non-hydrogen) atoms. The van der Waals surface area contributed by atoms with E-state index in [0.717, 1.165) is 57.8 Å². The Bertz CT molecular complexity index is 1010. The summed E-state index contributed by atoms with van der Waals surface area (Å²) in [4.78, 5) is 45.9. The third-order valence-electron chi connectivity index (χ3n) is 10.1. The van der Waals surface area contributed by atoms with Gasteiger partial charge in [0.15, 0.2) is 6.04 Å². The van der Waals surface area contributed by atoms with Crippen molar-refractivity contribution < 1.29 is 47.8 Å². The first-order valence-electron chi connectivity index (χ1n) is 22.7. The van der Waals surface area contributed by atoms with Gasteiger partial charge in [0.05, 0.1) is 13.2 Å². The Hall–Kier alpha value is -1.78. The van der Waals surface area contributed by atoms with Gasteiger partial charge >= 0.3 is 19.8 Å². The van der Waals surface area contributed by atoms with Crippen LogP contribution in [0, 0.1) is 0 Å². The zero-order chi connectivity index (χ0) is 41.4. The molecular formula is C44H84NO10P. The van der Waals surface area contributed by atoms with E-state index in [9.17, 15) is 34.1 Å². The maximum Gasteiger partial charge on any atom is 0.472 e. The Kier molecular flexibility index (Phi) is 38.7. The topological polar surface area (TPSA) is 169 Å². The van der Waals surface area contributed by atoms with Gasteiger partial charge in [-0.1, -0.05) is 180 Å². The summed E-state index contributed by atoms with van der Waals surface area (Å²) < 4.78 is 26.8. The number of hydrogen-bond acceptors (Lipinski definition) is 8. The van der Waals surface area contributed by atoms with Crippen molar-refractivity contribution in [1.82, 2.24) is 5.32 Å². The molecule has 0 saturated heterocycles. The summed E-state index contributed by atoms with van der Waals surface area (Å²) >= 11 is 0. The van der Waals surface area contributed by atoms with Crippen LogP contribution in [-0.2, 0) is 32.7 Å². The van der Waals surface area contributed by atoms with Gasteiger partial charge in [-0.25, -0.2) is 9.36 Å². The first-order chi connectivity index (χ1) is 27.1. The second kappa shape index (κ2) is 40.0. The summed E-state index contributed by atoms with van der Waals surface area (Å²) in [6, 6.07) is -1.54. The van der Waals surface area contributed by atoms with Crippen LogP contribution in [0.15, 0.2) is 12.2 Å². The van der Waals surface area contributed by atoms with E-state index in [1.165, 1.54) is 122 Å². The number of carbonyl (C=O) groups is 3. The predicted molar refractivity (Wildman–Crippen MR) is 226 cm³/mol. The summed E-state index contributed by atoms with van der Waals surface area (Å²) in [5.41, 5.74) is 0. The lowest BCUT2D eigenvalue weighted by atomic mass is 10.0. The van der Waals surface area contributed by atoms with Crippen LogP contribution >= 0.6 is 7.82 Å². The van der Waals surface area contributed by atoms with E-state index in [1.807, 2.05) is 0 Å². The standard InChI is InChI=1S/C44H84NO10P/c1-3-5-7-9-11-13-15-17-19-20-21-22-23-25-27-29-31-33-35-42(47)45-41(44(49)50)39-55-56(51,52)54-38-40(46)37-53-43(48)36-34-32-30-28-26-24-18-16-14-12-10-8-6-4-2/h16,18,40-41,46H,3-15,17,19-39H2,1-2H3,(H,45,47)(H,49,50)(H,51,52)/b18-16-. The smallest absolute Gasteiger partial charge is 0.472 e. The molecule has 3 atom stereocenters. The number of phosphoric acid groups is 1. The third kappa shape index (κ3) is 39.1. The highest BCUT2D eigenvalue weighted by Crippen LogP contribution is 2.43. The number of unbranched alkanes of at least 4 members (excludes halogenated alkanes) is 27. The number of aliphatic carboxylic acids is 1. The zero-order valence-corrected chi connectivity index (χ0v) is 36.6. The van der Waals surface area contributed by atoms with E-state index < -0.39 is 57.6 Å². The lowest BCUT2D eigenvalue weighted by molar-refractivity contribution is -0.147. The molecule has 11 nitrogen and oxygen atoms in total. The van der Waals surface area contributed by atoms with Crippen LogP contribution in [0.5, 0.6) is 0 Å². The Morgan fingerprint density at radius 3 is 1.36 bits per heavy atom. The van der Waals surface area contributed by atoms with Gasteiger partial charge in [0, 0.05) is 12.8 Å². The summed E-state index contributed by atoms with van der Waals surface area (Å²) in [5, 5.41) is 21.8. The summed E-state index contributed by atoms with van der Waals surface area (Å²) in [7, 11) is -4.75. The normalized spacial score (nSPS) is 13.8. The molecule has 0 aromatic carbocycles. The lowest BCUT2D eigenvalue weighted by Gasteiger charge is -2.18. The highest BCUT2D eigenvalue weighted by molar-refractivity contribution is 7.47. The molecule has 1 amide bonds. The van der Waals surface area contributed by atoms with Crippen LogP contribution in [-0.4, -0.2) is 64.9 Å². The molecule has 4 N–H and O–H groups in total. The molecule has 12 heteroatoms. The number of carboxylic acid groups (broad SMARTS) is 1. The minimum absolute atomic E-state index is 0.151. The minimum Gasteiger partial charge on any atom is -0.480 e. The predicted octanol–water partition coefficient (Wildman–Crippen LogP) is 11.7. The first-order valence-corrected chi connectivity index (χ1v) is 24.2. The molecular weight excluding hydrogens is 733 g/mol. The fraction of sp³-hybridized carbons (Fsp3) is 0.886. The molecule has 0 aliphatic carbocycles. The van der Waals surface area contributed by atoms with Gasteiger partial charge in [0.2, 0.25) is 5.91 Å². The van der Waals surface area contributed by atoms with Gasteiger partial charge in [-0.2, -0.15) is 0 Å². The Labute approximate surface area is 341 Å². The van der Waals surface area contributed by atoms with Crippen LogP contribution in [0.4, 0.5) is 0 Å². The lowest BCUT2D eigenvalue weighted by Crippen LogP contribution is -2.43. The maximum atomic E-state index is 12.3. The van der Waals surface area contributed by atoms with Crippen molar-refractivity contribution in [2.24, 2.45) is 0 Å². The Morgan fingerprint density at radius 2 is 0.929 bits per heavy atom. The number of phosphoric ester groups is 1. The van der Waals surface area contributed by atoms with Crippen molar-refractivity contribution in [3.05, 3.63) is 12.2 Å². The second-order valence-corrected chi connectivity index (χ2v) is 17.0. The van der Waals surface area contributed by atoms with Gasteiger partial charge in [0.1, 0.15) is 12.7 Å². The summed E-state index contributed by atoms with van der Waals surface area (Å²) in [6.45, 7) is 2.60. The van der Waals surface area contributed by atoms with Crippen LogP contribution in [0.25, 0.3) is 0 Å². The summed E-state index contributed by atoms with van der Waals surface area (Å²) in [5.74, 6) is -2.37. The molecule has 330 valence electrons. The van der Waals surface area contributed by atoms with E-state index in [1.54, 1.807) is 0 Å². The van der Waals surface area contributed by atoms with Crippen molar-refractivity contribution in [3.8, 4) is 0 Å². The molecule has 0 rings (SSSR count). The average molecular weight is 818 g/mol. The number of nitrogens with one attached hydrogen (secondary N) is 1. The van der Waals surface area contributed by atoms with Gasteiger partial charge in [-0.05, 0) is 38.5 Å². The number of allylic oxidation sites excluding steroid dienone is 2. The first kappa shape index (κ1) is 54.2. The van der Waals surface area contributed by atoms with E-state index in [-0.39, 0.29) is 12.8 Å². The van der Waals surface area contributed by atoms with Gasteiger partial charge in [0.25, 0.3) is 0 Å². The van der Waals surface area contributed by atoms with Crippen molar-refractivity contribution >= 4 is 25.7 Å². The maximum absolute atomic E-state index is 12.3. The van der Waals surface area contributed by atoms with Gasteiger partial charge < -0.3 is 25.2 Å². The van der Waals surface area contributed by atoms with E-state index in [4.69, 9.17) is 13.8 Å². The molecule has 0 aliphatic rings. The van der Waals surface area contributed by atoms with E-state index in [2.05, 4.69) is 31.3 Å². The second-order valence-electron chi connectivity index (χ2n) is 15.6. The molecule has 3 unspecified atom stereocenters. The number of amides is 1. The number of aliphatic hydroxyl groups is 1. The highest BCUT2D eigenvalue weighted by atomic mass is 31.2. The molecule has 0 radical (unpaired) electrons. The molecule has 0 aromatic heterocycles. The molecule has 0 heterocycles. The third-order valence-corrected chi connectivity index (χ3v) is 11.0. The van der Waals surface area contributed by atoms with Gasteiger partial charge in [-0.3, -0.25) is 18.6 Å². The number of esters is 1. The molecule has 0 aliphatic heterocycles. The molecule has 0 bridgehead atoms. The number of rotatable bonds is 43. The Morgan fingerprint density at radius 1 is 0.554 bits per heavy atom. The van der Waals surface area contributed by atoms with Crippen LogP contribution in [0.3, 0.4) is 0 Å². The monoisotopic (exact) mass is 818 g/mol. The Balaban J connectivity index is 3.87.